The van der Waals surface area contributed by atoms with Crippen LogP contribution in [0.5, 0.6) is 5.75 Å². The number of aromatic nitrogens is 2. The van der Waals surface area contributed by atoms with Gasteiger partial charge in [0.15, 0.2) is 0 Å². The molecule has 1 saturated heterocycles. The minimum Gasteiger partial charge on any atom is -0.366 e. The fourth-order valence-electron chi connectivity index (χ4n) is 4.80. The molecule has 0 atom stereocenters. The summed E-state index contributed by atoms with van der Waals surface area (Å²) in [7, 11) is 1.76. The molecule has 1 amide bonds. The summed E-state index contributed by atoms with van der Waals surface area (Å²) < 4.78 is 43.0. The summed E-state index contributed by atoms with van der Waals surface area (Å²) in [5, 5.41) is 11.1. The van der Waals surface area contributed by atoms with Gasteiger partial charge in [0.1, 0.15) is 43.4 Å². The number of quaternary nitrogens is 1. The second kappa shape index (κ2) is 11.5. The van der Waals surface area contributed by atoms with E-state index in [2.05, 4.69) is 37.8 Å². The van der Waals surface area contributed by atoms with Crippen molar-refractivity contribution in [1.82, 2.24) is 15.3 Å². The molecule has 8 nitrogen and oxygen atoms in total. The number of piperazine rings is 1. The second-order valence-corrected chi connectivity index (χ2v) is 11.9. The molecule has 3 N–H and O–H groups in total. The first kappa shape index (κ1) is 28.9. The van der Waals surface area contributed by atoms with Gasteiger partial charge in [0.05, 0.1) is 10.3 Å². The molecule has 3 heterocycles. The van der Waals surface area contributed by atoms with Crippen LogP contribution in [-0.2, 0) is 6.18 Å². The summed E-state index contributed by atoms with van der Waals surface area (Å²) in [5.41, 5.74) is 2.36. The number of carbonyl (C=O) groups excluding carboxylic acids is 1. The fourth-order valence-corrected chi connectivity index (χ4v) is 5.71. The number of alkyl halides is 3. The van der Waals surface area contributed by atoms with Crippen LogP contribution < -0.4 is 20.8 Å². The molecule has 0 spiro atoms. The van der Waals surface area contributed by atoms with Crippen LogP contribution in [0.25, 0.3) is 10.2 Å². The highest BCUT2D eigenvalue weighted by molar-refractivity contribution is 7.18. The fraction of sp³-hybridized carbons (Fsp3) is 0.323. The monoisotopic (exact) mass is 607 g/mol. The van der Waals surface area contributed by atoms with Crippen LogP contribution in [0.15, 0.2) is 48.1 Å². The average molecular weight is 608 g/mol. The zero-order valence-corrected chi connectivity index (χ0v) is 24.5. The minimum atomic E-state index is -4.67. The molecule has 0 bridgehead atoms. The SMILES string of the molecule is Cc1ccc(C(=O)Nc2ccc(O[N+]3(C)CCNCC3)c(C(F)(F)F)c2)cc1C#Cc1csc2c(NC3CC3)ncnc12. The lowest BCUT2D eigenvalue weighted by Gasteiger charge is -2.35. The normalized spacial score (nSPS) is 16.3. The molecule has 2 aromatic heterocycles. The highest BCUT2D eigenvalue weighted by Crippen LogP contribution is 2.39. The van der Waals surface area contributed by atoms with E-state index in [1.54, 1.807) is 25.2 Å². The number of benzene rings is 2. The molecule has 2 aliphatic rings. The number of aryl methyl sites for hydroxylation is 1. The third-order valence-corrected chi connectivity index (χ3v) is 8.46. The number of anilines is 2. The van der Waals surface area contributed by atoms with Gasteiger partial charge in [-0.05, 0) is 55.7 Å². The standard InChI is InChI=1S/C31H29F3N6O2S/c1-19-3-4-21(15-20(19)5-6-22-17-43-28-27(22)36-18-37-29(28)38-23-7-8-23)30(41)39-24-9-10-26(25(16-24)31(32,33)34)42-40(2)13-11-35-12-14-40/h3-4,9-10,15-18,23,35H,7-8,11-14H2,1-2H3,(H-,36,37,38,39,41)/p+1. The van der Waals surface area contributed by atoms with Gasteiger partial charge in [-0.3, -0.25) is 4.79 Å². The van der Waals surface area contributed by atoms with Crippen LogP contribution >= 0.6 is 11.3 Å². The van der Waals surface area contributed by atoms with E-state index in [4.69, 9.17) is 4.84 Å². The molecule has 1 saturated carbocycles. The Bertz CT molecular complexity index is 1750. The maximum atomic E-state index is 14.0. The lowest BCUT2D eigenvalue weighted by molar-refractivity contribution is -1.06. The summed E-state index contributed by atoms with van der Waals surface area (Å²) in [6, 6.07) is 9.07. The Kier molecular flexibility index (Phi) is 7.72. The molecule has 6 rings (SSSR count). The Morgan fingerprint density at radius 3 is 2.60 bits per heavy atom. The number of carbonyl (C=O) groups is 1. The number of likely N-dealkylation sites (N-methyl/N-ethyl adjacent to an activating group) is 1. The molecule has 222 valence electrons. The molecule has 4 aromatic rings. The summed E-state index contributed by atoms with van der Waals surface area (Å²) in [5.74, 6) is 6.31. The Morgan fingerprint density at radius 1 is 1.09 bits per heavy atom. The maximum absolute atomic E-state index is 14.0. The predicted octanol–water partition coefficient (Wildman–Crippen LogP) is 5.59. The van der Waals surface area contributed by atoms with Crippen LogP contribution in [0.1, 0.15) is 45.5 Å². The van der Waals surface area contributed by atoms with Crippen molar-refractivity contribution in [2.45, 2.75) is 32.0 Å². The lowest BCUT2D eigenvalue weighted by atomic mass is 10.0. The number of nitrogens with one attached hydrogen (secondary N) is 3. The van der Waals surface area contributed by atoms with Crippen molar-refractivity contribution in [2.75, 3.05) is 43.9 Å². The summed E-state index contributed by atoms with van der Waals surface area (Å²) in [6.07, 6.45) is -0.877. The van der Waals surface area contributed by atoms with E-state index in [1.165, 1.54) is 29.8 Å². The van der Waals surface area contributed by atoms with Gasteiger partial charge in [0, 0.05) is 41.3 Å². The molecule has 0 radical (unpaired) electrons. The quantitative estimate of drug-likeness (QED) is 0.196. The van der Waals surface area contributed by atoms with E-state index in [-0.39, 0.29) is 21.6 Å². The van der Waals surface area contributed by atoms with Crippen LogP contribution in [0.2, 0.25) is 0 Å². The number of hydrogen-bond donors (Lipinski definition) is 3. The van der Waals surface area contributed by atoms with E-state index < -0.39 is 17.6 Å². The number of nitrogens with zero attached hydrogens (tertiary/aromatic N) is 3. The van der Waals surface area contributed by atoms with Gasteiger partial charge in [-0.2, -0.15) is 13.2 Å². The van der Waals surface area contributed by atoms with E-state index in [0.717, 1.165) is 46.1 Å². The molecule has 2 aromatic carbocycles. The number of rotatable bonds is 6. The molecule has 1 aliphatic heterocycles. The van der Waals surface area contributed by atoms with Crippen molar-refractivity contribution in [1.29, 1.82) is 0 Å². The van der Waals surface area contributed by atoms with Gasteiger partial charge >= 0.3 is 6.18 Å². The number of hydroxylamine groups is 3. The number of thiophene rings is 1. The largest absolute Gasteiger partial charge is 0.420 e. The number of fused-ring (bicyclic) bond motifs is 1. The predicted molar refractivity (Wildman–Crippen MR) is 160 cm³/mol. The molecule has 2 fully saturated rings. The Morgan fingerprint density at radius 2 is 1.86 bits per heavy atom. The first-order valence-electron chi connectivity index (χ1n) is 14.0. The summed E-state index contributed by atoms with van der Waals surface area (Å²) in [6.45, 7) is 4.23. The van der Waals surface area contributed by atoms with Crippen molar-refractivity contribution in [3.63, 3.8) is 0 Å². The third kappa shape index (κ3) is 6.59. The van der Waals surface area contributed by atoms with Gasteiger partial charge in [0.25, 0.3) is 5.91 Å². The van der Waals surface area contributed by atoms with E-state index in [1.807, 2.05) is 12.3 Å². The maximum Gasteiger partial charge on any atom is 0.420 e. The van der Waals surface area contributed by atoms with Gasteiger partial charge in [-0.15, -0.1) is 16.0 Å². The van der Waals surface area contributed by atoms with Crippen molar-refractivity contribution in [3.8, 4) is 17.6 Å². The van der Waals surface area contributed by atoms with Crippen LogP contribution in [0, 0.1) is 18.8 Å². The number of amides is 1. The van der Waals surface area contributed by atoms with E-state index in [9.17, 15) is 18.0 Å². The lowest BCUT2D eigenvalue weighted by Crippen LogP contribution is -2.58. The zero-order valence-electron chi connectivity index (χ0n) is 23.6. The summed E-state index contributed by atoms with van der Waals surface area (Å²) >= 11 is 1.53. The summed E-state index contributed by atoms with van der Waals surface area (Å²) in [4.78, 5) is 27.7. The molecule has 0 unspecified atom stereocenters. The van der Waals surface area contributed by atoms with Crippen LogP contribution in [0.4, 0.5) is 24.7 Å². The van der Waals surface area contributed by atoms with E-state index in [0.29, 0.717) is 37.8 Å². The van der Waals surface area contributed by atoms with Crippen molar-refractivity contribution < 1.29 is 27.4 Å². The second-order valence-electron chi connectivity index (χ2n) is 11.0. The van der Waals surface area contributed by atoms with Crippen molar-refractivity contribution >= 4 is 39.0 Å². The third-order valence-electron chi connectivity index (χ3n) is 7.49. The Hall–Kier alpha value is -4.18. The first-order chi connectivity index (χ1) is 20.6. The van der Waals surface area contributed by atoms with Crippen molar-refractivity contribution in [3.05, 3.63) is 75.9 Å². The highest BCUT2D eigenvalue weighted by Gasteiger charge is 2.38. The van der Waals surface area contributed by atoms with E-state index >= 15 is 0 Å². The molecular formula is C31H30F3N6O2S+. The zero-order chi connectivity index (χ0) is 30.2. The van der Waals surface area contributed by atoms with Gasteiger partial charge in [0.2, 0.25) is 5.75 Å². The topological polar surface area (TPSA) is 88.2 Å². The van der Waals surface area contributed by atoms with Crippen LogP contribution in [0.3, 0.4) is 0 Å². The molecule has 12 heteroatoms. The highest BCUT2D eigenvalue weighted by atomic mass is 32.1. The van der Waals surface area contributed by atoms with Crippen molar-refractivity contribution in [2.24, 2.45) is 0 Å². The number of hydrogen-bond acceptors (Lipinski definition) is 7. The van der Waals surface area contributed by atoms with Gasteiger partial charge in [-0.25, -0.2) is 9.97 Å². The Labute approximate surface area is 250 Å². The first-order valence-corrected chi connectivity index (χ1v) is 14.8. The minimum absolute atomic E-state index is 0.0147. The Balaban J connectivity index is 1.22. The molecule has 43 heavy (non-hydrogen) atoms. The molecule has 1 aliphatic carbocycles. The van der Waals surface area contributed by atoms with Gasteiger partial charge in [-0.1, -0.05) is 17.9 Å². The average Bonchev–Trinajstić information content (AvgIpc) is 3.69. The molecular weight excluding hydrogens is 577 g/mol. The smallest absolute Gasteiger partial charge is 0.366 e. The van der Waals surface area contributed by atoms with Gasteiger partial charge < -0.3 is 20.8 Å². The number of halogens is 3. The van der Waals surface area contributed by atoms with Crippen LogP contribution in [-0.4, -0.2) is 59.8 Å².